The second kappa shape index (κ2) is 5.73. The molecule has 0 fully saturated rings. The molecule has 1 amide bonds. The topological polar surface area (TPSA) is 84.2 Å². The van der Waals surface area contributed by atoms with Crippen molar-refractivity contribution in [1.82, 2.24) is 9.55 Å². The van der Waals surface area contributed by atoms with Gasteiger partial charge in [0.1, 0.15) is 5.82 Å². The minimum absolute atomic E-state index is 0.00584. The number of rotatable bonds is 5. The van der Waals surface area contributed by atoms with E-state index in [1.54, 1.807) is 0 Å². The van der Waals surface area contributed by atoms with E-state index in [1.807, 2.05) is 36.7 Å². The number of carbonyl (C=O) groups excluding carboxylic acids is 1. The number of amides is 1. The van der Waals surface area contributed by atoms with Gasteiger partial charge in [-0.05, 0) is 31.5 Å². The third-order valence-corrected chi connectivity index (χ3v) is 3.18. The average molecular weight is 275 g/mol. The Kier molecular flexibility index (Phi) is 4.02. The third-order valence-electron chi connectivity index (χ3n) is 3.18. The number of carboxylic acid groups (broad SMARTS) is 1. The zero-order valence-electron chi connectivity index (χ0n) is 11.5. The Morgan fingerprint density at radius 2 is 2.10 bits per heavy atom. The molecule has 0 spiro atoms. The molecule has 0 bridgehead atoms. The van der Waals surface area contributed by atoms with Crippen LogP contribution in [0.1, 0.15) is 25.1 Å². The lowest BCUT2D eigenvalue weighted by Gasteiger charge is -2.05. The Morgan fingerprint density at radius 3 is 2.80 bits per heavy atom. The summed E-state index contributed by atoms with van der Waals surface area (Å²) in [6.45, 7) is 1.92. The first-order valence-corrected chi connectivity index (χ1v) is 6.42. The number of aromatic nitrogens is 2. The van der Waals surface area contributed by atoms with Crippen LogP contribution < -0.4 is 5.32 Å². The minimum atomic E-state index is -0.886. The van der Waals surface area contributed by atoms with Crippen molar-refractivity contribution in [3.63, 3.8) is 0 Å². The monoisotopic (exact) mass is 275 g/mol. The van der Waals surface area contributed by atoms with E-state index in [2.05, 4.69) is 10.3 Å². The van der Waals surface area contributed by atoms with Crippen LogP contribution in [0.5, 0.6) is 0 Å². The number of carboxylic acids is 1. The van der Waals surface area contributed by atoms with Crippen molar-refractivity contribution in [2.24, 2.45) is 7.05 Å². The predicted octanol–water partition coefficient (Wildman–Crippen LogP) is 2.08. The number of nitrogens with zero attached hydrogens (tertiary/aromatic N) is 2. The van der Waals surface area contributed by atoms with E-state index in [0.29, 0.717) is 12.1 Å². The van der Waals surface area contributed by atoms with Crippen LogP contribution in [0.2, 0.25) is 0 Å². The van der Waals surface area contributed by atoms with Gasteiger partial charge in [0.2, 0.25) is 5.91 Å². The van der Waals surface area contributed by atoms with Crippen LogP contribution in [0.15, 0.2) is 18.2 Å². The molecule has 1 heterocycles. The van der Waals surface area contributed by atoms with E-state index in [-0.39, 0.29) is 18.7 Å². The summed E-state index contributed by atoms with van der Waals surface area (Å²) in [5, 5.41) is 11.3. The lowest BCUT2D eigenvalue weighted by molar-refractivity contribution is -0.137. The summed E-state index contributed by atoms with van der Waals surface area (Å²) in [5.41, 5.74) is 2.51. The SMILES string of the molecule is Cc1nc2cc(NC(=O)CCCC(=O)O)ccc2n1C. The van der Waals surface area contributed by atoms with Gasteiger partial charge in [0.25, 0.3) is 0 Å². The molecule has 1 aromatic carbocycles. The summed E-state index contributed by atoms with van der Waals surface area (Å²) < 4.78 is 1.98. The molecule has 0 saturated carbocycles. The minimum Gasteiger partial charge on any atom is -0.481 e. The molecule has 0 aliphatic carbocycles. The zero-order chi connectivity index (χ0) is 14.7. The second-order valence-electron chi connectivity index (χ2n) is 4.72. The summed E-state index contributed by atoms with van der Waals surface area (Å²) in [6, 6.07) is 5.54. The molecule has 6 nitrogen and oxygen atoms in total. The van der Waals surface area contributed by atoms with Gasteiger partial charge >= 0.3 is 5.97 Å². The van der Waals surface area contributed by atoms with Gasteiger partial charge < -0.3 is 15.0 Å². The Morgan fingerprint density at radius 1 is 1.35 bits per heavy atom. The van der Waals surface area contributed by atoms with Gasteiger partial charge in [-0.1, -0.05) is 0 Å². The summed E-state index contributed by atoms with van der Waals surface area (Å²) in [6.07, 6.45) is 0.545. The Hall–Kier alpha value is -2.37. The maximum atomic E-state index is 11.7. The van der Waals surface area contributed by atoms with Gasteiger partial charge in [0.05, 0.1) is 11.0 Å². The van der Waals surface area contributed by atoms with Crippen molar-refractivity contribution in [1.29, 1.82) is 0 Å². The zero-order valence-corrected chi connectivity index (χ0v) is 11.5. The van der Waals surface area contributed by atoms with E-state index in [1.165, 1.54) is 0 Å². The van der Waals surface area contributed by atoms with Crippen LogP contribution in [0.3, 0.4) is 0 Å². The van der Waals surface area contributed by atoms with Crippen molar-refractivity contribution >= 4 is 28.6 Å². The Labute approximate surface area is 116 Å². The quantitative estimate of drug-likeness (QED) is 0.875. The van der Waals surface area contributed by atoms with Crippen LogP contribution >= 0.6 is 0 Å². The van der Waals surface area contributed by atoms with Crippen molar-refractivity contribution in [3.8, 4) is 0 Å². The number of imidazole rings is 1. The first-order chi connectivity index (χ1) is 9.47. The van der Waals surface area contributed by atoms with E-state index < -0.39 is 5.97 Å². The molecule has 0 saturated heterocycles. The highest BCUT2D eigenvalue weighted by atomic mass is 16.4. The molecule has 0 aliphatic heterocycles. The second-order valence-corrected chi connectivity index (χ2v) is 4.72. The maximum absolute atomic E-state index is 11.7. The molecule has 0 radical (unpaired) electrons. The number of carbonyl (C=O) groups is 2. The van der Waals surface area contributed by atoms with E-state index >= 15 is 0 Å². The van der Waals surface area contributed by atoms with Gasteiger partial charge in [-0.25, -0.2) is 4.98 Å². The number of hydrogen-bond acceptors (Lipinski definition) is 3. The maximum Gasteiger partial charge on any atom is 0.303 e. The van der Waals surface area contributed by atoms with Crippen LogP contribution in [0, 0.1) is 6.92 Å². The fourth-order valence-electron chi connectivity index (χ4n) is 2.02. The van der Waals surface area contributed by atoms with Crippen LogP contribution in [0.4, 0.5) is 5.69 Å². The number of benzene rings is 1. The molecule has 0 aliphatic rings. The average Bonchev–Trinajstić information content (AvgIpc) is 2.64. The van der Waals surface area contributed by atoms with Gasteiger partial charge in [0, 0.05) is 25.6 Å². The van der Waals surface area contributed by atoms with Gasteiger partial charge in [0.15, 0.2) is 0 Å². The van der Waals surface area contributed by atoms with Crippen molar-refractivity contribution in [2.75, 3.05) is 5.32 Å². The molecule has 0 atom stereocenters. The number of nitrogens with one attached hydrogen (secondary N) is 1. The number of anilines is 1. The van der Waals surface area contributed by atoms with Crippen LogP contribution in [-0.2, 0) is 16.6 Å². The summed E-state index contributed by atoms with van der Waals surface area (Å²) in [7, 11) is 1.94. The number of aryl methyl sites for hydroxylation is 2. The number of aliphatic carboxylic acids is 1. The smallest absolute Gasteiger partial charge is 0.303 e. The number of hydrogen-bond donors (Lipinski definition) is 2. The van der Waals surface area contributed by atoms with E-state index in [9.17, 15) is 9.59 Å². The normalized spacial score (nSPS) is 10.7. The molecule has 2 aromatic rings. The van der Waals surface area contributed by atoms with Gasteiger partial charge in [-0.2, -0.15) is 0 Å². The standard InChI is InChI=1S/C14H17N3O3/c1-9-15-11-8-10(6-7-12(11)17(9)2)16-13(18)4-3-5-14(19)20/h6-8H,3-5H2,1-2H3,(H,16,18)(H,19,20). The fourth-order valence-corrected chi connectivity index (χ4v) is 2.02. The van der Waals surface area contributed by atoms with Gasteiger partial charge in [-0.15, -0.1) is 0 Å². The van der Waals surface area contributed by atoms with Crippen LogP contribution in [0.25, 0.3) is 11.0 Å². The molecule has 106 valence electrons. The molecule has 1 aromatic heterocycles. The van der Waals surface area contributed by atoms with Gasteiger partial charge in [-0.3, -0.25) is 9.59 Å². The Bertz CT molecular complexity index is 661. The van der Waals surface area contributed by atoms with E-state index in [4.69, 9.17) is 5.11 Å². The highest BCUT2D eigenvalue weighted by Crippen LogP contribution is 2.19. The van der Waals surface area contributed by atoms with Crippen molar-refractivity contribution in [3.05, 3.63) is 24.0 Å². The molecule has 0 unspecified atom stereocenters. The fraction of sp³-hybridized carbons (Fsp3) is 0.357. The van der Waals surface area contributed by atoms with E-state index in [0.717, 1.165) is 16.9 Å². The molecular formula is C14H17N3O3. The third kappa shape index (κ3) is 3.14. The van der Waals surface area contributed by atoms with Crippen molar-refractivity contribution < 1.29 is 14.7 Å². The molecule has 2 rings (SSSR count). The number of fused-ring (bicyclic) bond motifs is 1. The van der Waals surface area contributed by atoms with Crippen LogP contribution in [-0.4, -0.2) is 26.5 Å². The predicted molar refractivity (Wildman–Crippen MR) is 75.6 cm³/mol. The summed E-state index contributed by atoms with van der Waals surface area (Å²) >= 11 is 0. The molecule has 20 heavy (non-hydrogen) atoms. The molecular weight excluding hydrogens is 258 g/mol. The highest BCUT2D eigenvalue weighted by Gasteiger charge is 2.07. The first-order valence-electron chi connectivity index (χ1n) is 6.42. The molecule has 6 heteroatoms. The van der Waals surface area contributed by atoms with Crippen molar-refractivity contribution in [2.45, 2.75) is 26.2 Å². The molecule has 2 N–H and O–H groups in total. The summed E-state index contributed by atoms with van der Waals surface area (Å²) in [5.74, 6) is -0.161. The lowest BCUT2D eigenvalue weighted by atomic mass is 10.2. The Balaban J connectivity index is 2.03. The largest absolute Gasteiger partial charge is 0.481 e. The lowest BCUT2D eigenvalue weighted by Crippen LogP contribution is -2.11. The first kappa shape index (κ1) is 14.0. The summed E-state index contributed by atoms with van der Waals surface area (Å²) in [4.78, 5) is 26.4. The highest BCUT2D eigenvalue weighted by molar-refractivity contribution is 5.93.